The molecule has 0 nitrogen and oxygen atoms in total. The summed E-state index contributed by atoms with van der Waals surface area (Å²) in [6.07, 6.45) is 0. The van der Waals surface area contributed by atoms with Crippen LogP contribution in [0.4, 0.5) is 0 Å². The number of hydrogen-bond acceptors (Lipinski definition) is 1. The van der Waals surface area contributed by atoms with Gasteiger partial charge in [0, 0.05) is 51.2 Å². The molecule has 0 bridgehead atoms. The van der Waals surface area contributed by atoms with Crippen molar-refractivity contribution < 1.29 is 0 Å². The highest BCUT2D eigenvalue weighted by atomic mass is 32.3. The molecule has 0 atom stereocenters. The van der Waals surface area contributed by atoms with Crippen molar-refractivity contribution in [3.05, 3.63) is 158 Å². The molecule has 0 saturated carbocycles. The predicted octanol–water partition coefficient (Wildman–Crippen LogP) is 11.6. The Balaban J connectivity index is 1.49. The van der Waals surface area contributed by atoms with Crippen LogP contribution in [-0.4, -0.2) is 0 Å². The fraction of sp³-hybridized carbons (Fsp3) is 0. The molecule has 0 saturated heterocycles. The van der Waals surface area contributed by atoms with E-state index in [1.807, 2.05) is 11.3 Å². The number of hydrogen-bond donors (Lipinski definition) is 0. The molecule has 0 amide bonds. The third-order valence-corrected chi connectivity index (χ3v) is 13.2. The minimum Gasteiger partial charge on any atom is -0.134 e. The molecule has 0 unspecified atom stereocenters. The Morgan fingerprint density at radius 3 is 1.55 bits per heavy atom. The molecule has 0 fully saturated rings. The lowest BCUT2D eigenvalue weighted by Crippen LogP contribution is -2.01. The summed E-state index contributed by atoms with van der Waals surface area (Å²) >= 11 is 1.92. The van der Waals surface area contributed by atoms with Crippen LogP contribution < -0.4 is 0 Å². The van der Waals surface area contributed by atoms with Gasteiger partial charge in [-0.05, 0) is 47.5 Å². The van der Waals surface area contributed by atoms with E-state index in [9.17, 15) is 0 Å². The van der Waals surface area contributed by atoms with Gasteiger partial charge >= 0.3 is 0 Å². The zero-order chi connectivity index (χ0) is 26.5. The van der Waals surface area contributed by atoms with E-state index in [2.05, 4.69) is 158 Å². The molecule has 190 valence electrons. The third-order valence-electron chi connectivity index (χ3n) is 7.94. The predicted molar refractivity (Wildman–Crippen MR) is 172 cm³/mol. The van der Waals surface area contributed by atoms with Crippen LogP contribution in [0.25, 0.3) is 42.8 Å². The molecule has 1 aromatic heterocycles. The van der Waals surface area contributed by atoms with E-state index >= 15 is 0 Å². The topological polar surface area (TPSA) is 0 Å². The average Bonchev–Trinajstić information content (AvgIpc) is 3.57. The molecular weight excluding hydrogens is 521 g/mol. The second-order valence-corrected chi connectivity index (χ2v) is 14.2. The lowest BCUT2D eigenvalue weighted by molar-refractivity contribution is 1.29. The van der Waals surface area contributed by atoms with Crippen molar-refractivity contribution in [2.75, 3.05) is 0 Å². The summed E-state index contributed by atoms with van der Waals surface area (Å²) in [5, 5.41) is 2.64. The minimum atomic E-state index is -1.66. The van der Waals surface area contributed by atoms with E-state index in [0.717, 1.165) is 0 Å². The highest BCUT2D eigenvalue weighted by Gasteiger charge is 2.43. The molecule has 0 spiro atoms. The smallest absolute Gasteiger partial charge is 0.0434 e. The van der Waals surface area contributed by atoms with Crippen molar-refractivity contribution in [3.63, 3.8) is 0 Å². The highest BCUT2D eigenvalue weighted by molar-refractivity contribution is 8.34. The van der Waals surface area contributed by atoms with Gasteiger partial charge < -0.3 is 0 Å². The van der Waals surface area contributed by atoms with Gasteiger partial charge in [0.15, 0.2) is 0 Å². The van der Waals surface area contributed by atoms with E-state index in [-0.39, 0.29) is 0 Å². The maximum absolute atomic E-state index is 2.39. The van der Waals surface area contributed by atoms with Crippen molar-refractivity contribution in [1.29, 1.82) is 0 Å². The van der Waals surface area contributed by atoms with E-state index < -0.39 is 10.0 Å². The van der Waals surface area contributed by atoms with Crippen LogP contribution in [0, 0.1) is 0 Å². The van der Waals surface area contributed by atoms with Crippen LogP contribution in [0.5, 0.6) is 0 Å². The Hall–Kier alpha value is -4.37. The molecular formula is C38H26S2. The first-order valence-electron chi connectivity index (χ1n) is 13.6. The van der Waals surface area contributed by atoms with Gasteiger partial charge in [-0.25, -0.2) is 0 Å². The molecule has 1 aliphatic rings. The van der Waals surface area contributed by atoms with Gasteiger partial charge in [0.2, 0.25) is 0 Å². The molecule has 2 heterocycles. The summed E-state index contributed by atoms with van der Waals surface area (Å²) in [6.45, 7) is 0. The molecule has 0 N–H and O–H groups in total. The van der Waals surface area contributed by atoms with Gasteiger partial charge in [0.25, 0.3) is 0 Å². The first-order valence-corrected chi connectivity index (χ1v) is 16.1. The summed E-state index contributed by atoms with van der Waals surface area (Å²) < 4.78 is 0. The molecule has 40 heavy (non-hydrogen) atoms. The van der Waals surface area contributed by atoms with E-state index in [1.54, 1.807) is 0 Å². The first-order chi connectivity index (χ1) is 19.9. The van der Waals surface area contributed by atoms with Gasteiger partial charge in [-0.2, -0.15) is 0 Å². The molecule has 8 rings (SSSR count). The zero-order valence-electron chi connectivity index (χ0n) is 21.8. The van der Waals surface area contributed by atoms with Gasteiger partial charge in [-0.15, -0.1) is 21.4 Å². The summed E-state index contributed by atoms with van der Waals surface area (Å²) in [6, 6.07) is 58.2. The monoisotopic (exact) mass is 546 g/mol. The standard InChI is InChI=1S/C38H26S2/c1-4-15-27(16-5-1)37-30-21-10-11-22-31(30)38(39-37)33-24-14-26-35-36(33)32-23-12-13-25-34(32)40(35,28-17-6-2-7-18-28)29-19-8-3-9-20-29/h1-26H. The quantitative estimate of drug-likeness (QED) is 0.206. The van der Waals surface area contributed by atoms with Crippen LogP contribution in [0.2, 0.25) is 0 Å². The molecule has 7 aromatic rings. The van der Waals surface area contributed by atoms with Crippen molar-refractivity contribution in [2.24, 2.45) is 0 Å². The van der Waals surface area contributed by atoms with E-state index in [4.69, 9.17) is 0 Å². The van der Waals surface area contributed by atoms with Crippen LogP contribution in [-0.2, 0) is 0 Å². The second-order valence-electron chi connectivity index (χ2n) is 10.1. The fourth-order valence-electron chi connectivity index (χ4n) is 6.30. The number of fused-ring (bicyclic) bond motifs is 4. The zero-order valence-corrected chi connectivity index (χ0v) is 23.5. The maximum atomic E-state index is 2.39. The molecule has 2 heteroatoms. The Kier molecular flexibility index (Phi) is 5.51. The summed E-state index contributed by atoms with van der Waals surface area (Å²) in [4.78, 5) is 8.30. The van der Waals surface area contributed by atoms with Gasteiger partial charge in [-0.3, -0.25) is 0 Å². The van der Waals surface area contributed by atoms with Crippen molar-refractivity contribution >= 4 is 32.1 Å². The van der Waals surface area contributed by atoms with Gasteiger partial charge in [0.1, 0.15) is 0 Å². The number of rotatable bonds is 4. The van der Waals surface area contributed by atoms with Crippen LogP contribution in [0.3, 0.4) is 0 Å². The molecule has 0 aliphatic carbocycles. The van der Waals surface area contributed by atoms with Gasteiger partial charge in [0.05, 0.1) is 0 Å². The Labute approximate surface area is 240 Å². The Morgan fingerprint density at radius 2 is 0.875 bits per heavy atom. The Bertz CT molecular complexity index is 1950. The van der Waals surface area contributed by atoms with Crippen molar-refractivity contribution in [3.8, 4) is 32.0 Å². The first kappa shape index (κ1) is 23.5. The van der Waals surface area contributed by atoms with Crippen molar-refractivity contribution in [1.82, 2.24) is 0 Å². The highest BCUT2D eigenvalue weighted by Crippen LogP contribution is 2.80. The van der Waals surface area contributed by atoms with E-state index in [0.29, 0.717) is 0 Å². The summed E-state index contributed by atoms with van der Waals surface area (Å²) in [7, 11) is -1.66. The maximum Gasteiger partial charge on any atom is 0.0434 e. The normalized spacial score (nSPS) is 14.0. The van der Waals surface area contributed by atoms with Gasteiger partial charge in [-0.1, -0.05) is 121 Å². The molecule has 1 aliphatic heterocycles. The third kappa shape index (κ3) is 3.33. The van der Waals surface area contributed by atoms with Crippen LogP contribution >= 0.6 is 21.4 Å². The largest absolute Gasteiger partial charge is 0.134 e. The van der Waals surface area contributed by atoms with Crippen LogP contribution in [0.1, 0.15) is 0 Å². The summed E-state index contributed by atoms with van der Waals surface area (Å²) in [5.41, 5.74) is 5.34. The Morgan fingerprint density at radius 1 is 0.375 bits per heavy atom. The molecule has 6 aromatic carbocycles. The van der Waals surface area contributed by atoms with Crippen molar-refractivity contribution in [2.45, 2.75) is 19.6 Å². The van der Waals surface area contributed by atoms with Crippen LogP contribution in [0.15, 0.2) is 177 Å². The summed E-state index contributed by atoms with van der Waals surface area (Å²) in [5.74, 6) is 0. The molecule has 0 radical (unpaired) electrons. The number of benzene rings is 6. The lowest BCUT2D eigenvalue weighted by atomic mass is 9.96. The lowest BCUT2D eigenvalue weighted by Gasteiger charge is -2.39. The SMILES string of the molecule is c1ccc(-c2sc(-c3cccc4c3-c3ccccc3S4(c3ccccc3)c3ccccc3)c3ccccc23)cc1. The second kappa shape index (κ2) is 9.38. The van der Waals surface area contributed by atoms with E-state index in [1.165, 1.54) is 62.4 Å². The average molecular weight is 547 g/mol. The number of thiophene rings is 1. The fourth-order valence-corrected chi connectivity index (χ4v) is 11.9. The minimum absolute atomic E-state index is 1.27.